The van der Waals surface area contributed by atoms with E-state index >= 15 is 0 Å². The number of aryl methyl sites for hydroxylation is 1. The van der Waals surface area contributed by atoms with E-state index in [9.17, 15) is 5.11 Å². The average molecular weight is 180 g/mol. The Balaban J connectivity index is 2.87. The molecule has 72 valence electrons. The molecule has 0 saturated heterocycles. The summed E-state index contributed by atoms with van der Waals surface area (Å²) in [7, 11) is 0. The molecule has 0 saturated carbocycles. The first-order valence-electron chi connectivity index (χ1n) is 4.46. The van der Waals surface area contributed by atoms with Crippen LogP contribution in [-0.2, 0) is 5.60 Å². The van der Waals surface area contributed by atoms with Crippen LogP contribution in [0, 0.1) is 6.92 Å². The van der Waals surface area contributed by atoms with Crippen LogP contribution in [0.1, 0.15) is 24.5 Å². The highest BCUT2D eigenvalue weighted by molar-refractivity contribution is 5.25. The lowest BCUT2D eigenvalue weighted by Gasteiger charge is -2.22. The van der Waals surface area contributed by atoms with E-state index in [-0.39, 0.29) is 6.61 Å². The van der Waals surface area contributed by atoms with Crippen LogP contribution in [-0.4, -0.2) is 16.8 Å². The predicted molar refractivity (Wildman–Crippen MR) is 52.5 cm³/mol. The lowest BCUT2D eigenvalue weighted by molar-refractivity contribution is 0.0299. The van der Waals surface area contributed by atoms with Crippen LogP contribution < -0.4 is 0 Å². The first-order valence-corrected chi connectivity index (χ1v) is 4.46. The van der Waals surface area contributed by atoms with Crippen LogP contribution in [0.15, 0.2) is 24.3 Å². The van der Waals surface area contributed by atoms with Crippen molar-refractivity contribution in [2.45, 2.75) is 25.9 Å². The highest BCUT2D eigenvalue weighted by atomic mass is 16.3. The number of rotatable bonds is 3. The summed E-state index contributed by atoms with van der Waals surface area (Å²) >= 11 is 0. The molecule has 2 N–H and O–H groups in total. The Morgan fingerprint density at radius 1 is 1.23 bits per heavy atom. The largest absolute Gasteiger partial charge is 0.396 e. The topological polar surface area (TPSA) is 40.5 Å². The van der Waals surface area contributed by atoms with Gasteiger partial charge in [-0.25, -0.2) is 0 Å². The maximum Gasteiger partial charge on any atom is 0.0890 e. The third-order valence-electron chi connectivity index (χ3n) is 2.27. The molecule has 1 aromatic carbocycles. The molecule has 0 fully saturated rings. The third kappa shape index (κ3) is 2.54. The summed E-state index contributed by atoms with van der Waals surface area (Å²) in [4.78, 5) is 0. The van der Waals surface area contributed by atoms with Crippen LogP contribution in [0.5, 0.6) is 0 Å². The highest BCUT2D eigenvalue weighted by Crippen LogP contribution is 2.23. The molecule has 0 aromatic heterocycles. The van der Waals surface area contributed by atoms with E-state index in [2.05, 4.69) is 0 Å². The minimum atomic E-state index is -0.914. The van der Waals surface area contributed by atoms with Crippen LogP contribution in [0.3, 0.4) is 0 Å². The van der Waals surface area contributed by atoms with E-state index in [0.717, 1.165) is 5.56 Å². The van der Waals surface area contributed by atoms with Crippen molar-refractivity contribution in [1.82, 2.24) is 0 Å². The summed E-state index contributed by atoms with van der Waals surface area (Å²) in [5.74, 6) is 0. The van der Waals surface area contributed by atoms with Crippen LogP contribution in [0.4, 0.5) is 0 Å². The smallest absolute Gasteiger partial charge is 0.0890 e. The van der Waals surface area contributed by atoms with E-state index in [4.69, 9.17) is 5.11 Å². The van der Waals surface area contributed by atoms with Crippen LogP contribution in [0.2, 0.25) is 0 Å². The monoisotopic (exact) mass is 180 g/mol. The quantitative estimate of drug-likeness (QED) is 0.741. The van der Waals surface area contributed by atoms with E-state index in [1.807, 2.05) is 31.2 Å². The fourth-order valence-corrected chi connectivity index (χ4v) is 1.27. The Kier molecular flexibility index (Phi) is 3.07. The number of aliphatic hydroxyl groups is 2. The second-order valence-corrected chi connectivity index (χ2v) is 3.61. The van der Waals surface area contributed by atoms with Crippen molar-refractivity contribution in [2.75, 3.05) is 6.61 Å². The molecule has 0 amide bonds. The molecular formula is C11H16O2. The van der Waals surface area contributed by atoms with E-state index < -0.39 is 5.60 Å². The summed E-state index contributed by atoms with van der Waals surface area (Å²) in [5.41, 5.74) is 1.11. The first-order chi connectivity index (χ1) is 6.06. The normalized spacial score (nSPS) is 15.4. The van der Waals surface area contributed by atoms with Crippen molar-refractivity contribution in [3.63, 3.8) is 0 Å². The lowest BCUT2D eigenvalue weighted by Crippen LogP contribution is -2.22. The van der Waals surface area contributed by atoms with Crippen molar-refractivity contribution >= 4 is 0 Å². The second kappa shape index (κ2) is 3.90. The molecule has 0 aliphatic heterocycles. The van der Waals surface area contributed by atoms with Gasteiger partial charge in [-0.1, -0.05) is 29.8 Å². The van der Waals surface area contributed by atoms with Crippen LogP contribution >= 0.6 is 0 Å². The van der Waals surface area contributed by atoms with Gasteiger partial charge in [0.1, 0.15) is 0 Å². The SMILES string of the molecule is Cc1ccc(C(C)(O)CCO)cc1. The Bertz CT molecular complexity index is 262. The summed E-state index contributed by atoms with van der Waals surface area (Å²) in [6, 6.07) is 7.71. The predicted octanol–water partition coefficient (Wildman–Crippen LogP) is 1.58. The minimum absolute atomic E-state index is 0.000869. The summed E-state index contributed by atoms with van der Waals surface area (Å²) in [6.45, 7) is 3.72. The molecule has 0 radical (unpaired) electrons. The zero-order valence-electron chi connectivity index (χ0n) is 8.12. The molecule has 0 bridgehead atoms. The molecule has 1 aromatic rings. The van der Waals surface area contributed by atoms with Gasteiger partial charge in [-0.05, 0) is 19.4 Å². The molecular weight excluding hydrogens is 164 g/mol. The Hall–Kier alpha value is -0.860. The molecule has 2 nitrogen and oxygen atoms in total. The second-order valence-electron chi connectivity index (χ2n) is 3.61. The summed E-state index contributed by atoms with van der Waals surface area (Å²) in [5, 5.41) is 18.7. The van der Waals surface area contributed by atoms with Crippen molar-refractivity contribution in [2.24, 2.45) is 0 Å². The molecule has 1 rings (SSSR count). The number of benzene rings is 1. The molecule has 13 heavy (non-hydrogen) atoms. The lowest BCUT2D eigenvalue weighted by atomic mass is 9.92. The number of aliphatic hydroxyl groups excluding tert-OH is 1. The van der Waals surface area contributed by atoms with Gasteiger partial charge in [0.25, 0.3) is 0 Å². The summed E-state index contributed by atoms with van der Waals surface area (Å²) in [6.07, 6.45) is 0.371. The van der Waals surface area contributed by atoms with E-state index in [1.165, 1.54) is 5.56 Å². The molecule has 1 unspecified atom stereocenters. The molecule has 0 aliphatic carbocycles. The Morgan fingerprint density at radius 2 is 1.77 bits per heavy atom. The molecule has 2 heteroatoms. The Labute approximate surface area is 78.8 Å². The van der Waals surface area contributed by atoms with Gasteiger partial charge in [0.05, 0.1) is 5.60 Å². The standard InChI is InChI=1S/C11H16O2/c1-9-3-5-10(6-4-9)11(2,13)7-8-12/h3-6,12-13H,7-8H2,1-2H3. The van der Waals surface area contributed by atoms with Crippen molar-refractivity contribution in [3.8, 4) is 0 Å². The molecule has 0 heterocycles. The van der Waals surface area contributed by atoms with Gasteiger partial charge >= 0.3 is 0 Å². The van der Waals surface area contributed by atoms with Gasteiger partial charge in [-0.3, -0.25) is 0 Å². The Morgan fingerprint density at radius 3 is 2.23 bits per heavy atom. The number of hydrogen-bond donors (Lipinski definition) is 2. The van der Waals surface area contributed by atoms with Crippen LogP contribution in [0.25, 0.3) is 0 Å². The zero-order chi connectivity index (χ0) is 9.90. The fraction of sp³-hybridized carbons (Fsp3) is 0.455. The minimum Gasteiger partial charge on any atom is -0.396 e. The average Bonchev–Trinajstić information content (AvgIpc) is 2.05. The molecule has 0 aliphatic rings. The van der Waals surface area contributed by atoms with Gasteiger partial charge in [0.15, 0.2) is 0 Å². The summed E-state index contributed by atoms with van der Waals surface area (Å²) < 4.78 is 0. The van der Waals surface area contributed by atoms with E-state index in [0.29, 0.717) is 6.42 Å². The van der Waals surface area contributed by atoms with Crippen molar-refractivity contribution < 1.29 is 10.2 Å². The van der Waals surface area contributed by atoms with Gasteiger partial charge in [0, 0.05) is 13.0 Å². The number of hydrogen-bond acceptors (Lipinski definition) is 2. The highest BCUT2D eigenvalue weighted by Gasteiger charge is 2.21. The molecule has 1 atom stereocenters. The maximum atomic E-state index is 9.92. The van der Waals surface area contributed by atoms with Gasteiger partial charge in [0.2, 0.25) is 0 Å². The van der Waals surface area contributed by atoms with Crippen molar-refractivity contribution in [1.29, 1.82) is 0 Å². The zero-order valence-corrected chi connectivity index (χ0v) is 8.12. The first kappa shape index (κ1) is 10.2. The fourth-order valence-electron chi connectivity index (χ4n) is 1.27. The van der Waals surface area contributed by atoms with E-state index in [1.54, 1.807) is 6.92 Å². The van der Waals surface area contributed by atoms with Gasteiger partial charge < -0.3 is 10.2 Å². The van der Waals surface area contributed by atoms with Gasteiger partial charge in [-0.2, -0.15) is 0 Å². The van der Waals surface area contributed by atoms with Crippen molar-refractivity contribution in [3.05, 3.63) is 35.4 Å². The molecule has 0 spiro atoms. The van der Waals surface area contributed by atoms with Gasteiger partial charge in [-0.15, -0.1) is 0 Å². The third-order valence-corrected chi connectivity index (χ3v) is 2.27. The maximum absolute atomic E-state index is 9.92.